The summed E-state index contributed by atoms with van der Waals surface area (Å²) in [6, 6.07) is 6.72. The first-order valence-corrected chi connectivity index (χ1v) is 7.02. The van der Waals surface area contributed by atoms with Crippen molar-refractivity contribution < 1.29 is 4.74 Å². The van der Waals surface area contributed by atoms with Crippen LogP contribution in [0.3, 0.4) is 0 Å². The number of hydrogen-bond donors (Lipinski definition) is 1. The van der Waals surface area contributed by atoms with Crippen LogP contribution >= 0.6 is 11.6 Å². The van der Waals surface area contributed by atoms with E-state index < -0.39 is 0 Å². The maximum absolute atomic E-state index is 6.28. The number of rotatable bonds is 8. The number of methoxy groups -OCH3 is 1. The minimum Gasteiger partial charge on any atom is -0.385 e. The van der Waals surface area contributed by atoms with Crippen molar-refractivity contribution in [3.63, 3.8) is 0 Å². The van der Waals surface area contributed by atoms with Crippen molar-refractivity contribution in [2.24, 2.45) is 0 Å². The van der Waals surface area contributed by atoms with Crippen LogP contribution in [0.2, 0.25) is 5.02 Å². The Kier molecular flexibility index (Phi) is 7.33. The molecule has 3 heteroatoms. The molecule has 1 unspecified atom stereocenters. The molecule has 0 saturated heterocycles. The minimum absolute atomic E-state index is 0.435. The molecule has 0 saturated carbocycles. The normalized spacial score (nSPS) is 12.7. The molecule has 0 spiro atoms. The second-order valence-corrected chi connectivity index (χ2v) is 5.14. The first-order valence-electron chi connectivity index (χ1n) is 6.64. The van der Waals surface area contributed by atoms with Gasteiger partial charge in [-0.05, 0) is 49.9 Å². The summed E-state index contributed by atoms with van der Waals surface area (Å²) >= 11 is 6.28. The number of hydrogen-bond acceptors (Lipinski definition) is 2. The lowest BCUT2D eigenvalue weighted by Gasteiger charge is -2.19. The Morgan fingerprint density at radius 2 is 2.17 bits per heavy atom. The third-order valence-corrected chi connectivity index (χ3v) is 3.38. The SMILES string of the molecule is CCCNC(CCOC)Cc1ccc(C)cc1Cl. The van der Waals surface area contributed by atoms with Gasteiger partial charge in [0.15, 0.2) is 0 Å². The maximum Gasteiger partial charge on any atom is 0.0477 e. The predicted molar refractivity (Wildman–Crippen MR) is 78.5 cm³/mol. The molecule has 0 aliphatic carbocycles. The minimum atomic E-state index is 0.435. The maximum atomic E-state index is 6.28. The van der Waals surface area contributed by atoms with Crippen LogP contribution in [0, 0.1) is 6.92 Å². The van der Waals surface area contributed by atoms with Gasteiger partial charge in [0, 0.05) is 24.8 Å². The molecule has 1 rings (SSSR count). The third kappa shape index (κ3) is 5.38. The molecule has 0 aliphatic rings. The lowest BCUT2D eigenvalue weighted by Crippen LogP contribution is -2.33. The van der Waals surface area contributed by atoms with E-state index in [-0.39, 0.29) is 0 Å². The Labute approximate surface area is 116 Å². The second-order valence-electron chi connectivity index (χ2n) is 4.73. The highest BCUT2D eigenvalue weighted by molar-refractivity contribution is 6.31. The summed E-state index contributed by atoms with van der Waals surface area (Å²) in [6.07, 6.45) is 3.12. The van der Waals surface area contributed by atoms with Crippen molar-refractivity contribution in [3.8, 4) is 0 Å². The molecule has 1 aromatic rings. The number of nitrogens with one attached hydrogen (secondary N) is 1. The molecule has 2 nitrogen and oxygen atoms in total. The van der Waals surface area contributed by atoms with Gasteiger partial charge in [-0.1, -0.05) is 30.7 Å². The molecule has 0 fully saturated rings. The molecule has 0 amide bonds. The van der Waals surface area contributed by atoms with E-state index in [9.17, 15) is 0 Å². The third-order valence-electron chi connectivity index (χ3n) is 3.03. The van der Waals surface area contributed by atoms with E-state index in [0.717, 1.165) is 37.4 Å². The number of aryl methyl sites for hydroxylation is 1. The van der Waals surface area contributed by atoms with Crippen molar-refractivity contribution in [2.75, 3.05) is 20.3 Å². The highest BCUT2D eigenvalue weighted by atomic mass is 35.5. The summed E-state index contributed by atoms with van der Waals surface area (Å²) in [5, 5.41) is 4.43. The van der Waals surface area contributed by atoms with Crippen LogP contribution in [0.1, 0.15) is 30.9 Å². The highest BCUT2D eigenvalue weighted by Gasteiger charge is 2.11. The van der Waals surface area contributed by atoms with Gasteiger partial charge in [0.25, 0.3) is 0 Å². The summed E-state index contributed by atoms with van der Waals surface area (Å²) in [4.78, 5) is 0. The summed E-state index contributed by atoms with van der Waals surface area (Å²) in [5.41, 5.74) is 2.42. The van der Waals surface area contributed by atoms with Crippen LogP contribution in [0.25, 0.3) is 0 Å². The van der Waals surface area contributed by atoms with E-state index in [1.54, 1.807) is 7.11 Å². The summed E-state index contributed by atoms with van der Waals surface area (Å²) < 4.78 is 5.17. The van der Waals surface area contributed by atoms with E-state index in [1.165, 1.54) is 11.1 Å². The monoisotopic (exact) mass is 269 g/mol. The topological polar surface area (TPSA) is 21.3 Å². The molecule has 0 aromatic heterocycles. The Morgan fingerprint density at radius 3 is 2.78 bits per heavy atom. The van der Waals surface area contributed by atoms with Gasteiger partial charge in [-0.25, -0.2) is 0 Å². The van der Waals surface area contributed by atoms with E-state index in [1.807, 2.05) is 6.07 Å². The van der Waals surface area contributed by atoms with E-state index in [0.29, 0.717) is 6.04 Å². The average molecular weight is 270 g/mol. The first kappa shape index (κ1) is 15.5. The van der Waals surface area contributed by atoms with Crippen molar-refractivity contribution in [3.05, 3.63) is 34.3 Å². The zero-order valence-corrected chi connectivity index (χ0v) is 12.4. The van der Waals surface area contributed by atoms with Crippen LogP contribution in [-0.2, 0) is 11.2 Å². The van der Waals surface area contributed by atoms with Crippen molar-refractivity contribution in [1.29, 1.82) is 0 Å². The number of halogens is 1. The van der Waals surface area contributed by atoms with E-state index in [4.69, 9.17) is 16.3 Å². The van der Waals surface area contributed by atoms with Gasteiger partial charge in [0.05, 0.1) is 0 Å². The summed E-state index contributed by atoms with van der Waals surface area (Å²) in [7, 11) is 1.75. The molecule has 1 aromatic carbocycles. The van der Waals surface area contributed by atoms with Crippen molar-refractivity contribution in [1.82, 2.24) is 5.32 Å². The largest absolute Gasteiger partial charge is 0.385 e. The molecule has 102 valence electrons. The lowest BCUT2D eigenvalue weighted by atomic mass is 10.0. The molecular weight excluding hydrogens is 246 g/mol. The number of benzene rings is 1. The van der Waals surface area contributed by atoms with E-state index >= 15 is 0 Å². The highest BCUT2D eigenvalue weighted by Crippen LogP contribution is 2.19. The Balaban J connectivity index is 2.62. The number of ether oxygens (including phenoxy) is 1. The Bertz CT molecular complexity index is 346. The predicted octanol–water partition coefficient (Wildman–Crippen LogP) is 3.60. The van der Waals surface area contributed by atoms with Crippen molar-refractivity contribution >= 4 is 11.6 Å². The van der Waals surface area contributed by atoms with Crippen molar-refractivity contribution in [2.45, 2.75) is 39.2 Å². The van der Waals surface area contributed by atoms with Gasteiger partial charge in [-0.3, -0.25) is 0 Å². The Morgan fingerprint density at radius 1 is 1.39 bits per heavy atom. The molecule has 1 atom stereocenters. The molecule has 18 heavy (non-hydrogen) atoms. The van der Waals surface area contributed by atoms with Gasteiger partial charge < -0.3 is 10.1 Å². The fourth-order valence-electron chi connectivity index (χ4n) is 1.97. The zero-order chi connectivity index (χ0) is 13.4. The second kappa shape index (κ2) is 8.52. The average Bonchev–Trinajstić information content (AvgIpc) is 2.35. The van der Waals surface area contributed by atoms with Gasteiger partial charge in [-0.2, -0.15) is 0 Å². The molecule has 1 N–H and O–H groups in total. The lowest BCUT2D eigenvalue weighted by molar-refractivity contribution is 0.182. The van der Waals surface area contributed by atoms with Crippen LogP contribution in [0.15, 0.2) is 18.2 Å². The Hall–Kier alpha value is -0.570. The smallest absolute Gasteiger partial charge is 0.0477 e. The molecule has 0 radical (unpaired) electrons. The summed E-state index contributed by atoms with van der Waals surface area (Å²) in [5.74, 6) is 0. The van der Waals surface area contributed by atoms with Gasteiger partial charge in [-0.15, -0.1) is 0 Å². The van der Waals surface area contributed by atoms with E-state index in [2.05, 4.69) is 31.3 Å². The first-order chi connectivity index (χ1) is 8.67. The fraction of sp³-hybridized carbons (Fsp3) is 0.600. The molecular formula is C15H24ClNO. The summed E-state index contributed by atoms with van der Waals surface area (Å²) in [6.45, 7) is 6.06. The van der Waals surface area contributed by atoms with Crippen LogP contribution in [0.4, 0.5) is 0 Å². The van der Waals surface area contributed by atoms with Crippen LogP contribution in [0.5, 0.6) is 0 Å². The van der Waals surface area contributed by atoms with Crippen LogP contribution in [-0.4, -0.2) is 26.3 Å². The van der Waals surface area contributed by atoms with Crippen LogP contribution < -0.4 is 5.32 Å². The fourth-order valence-corrected chi connectivity index (χ4v) is 2.28. The molecule has 0 bridgehead atoms. The standard InChI is InChI=1S/C15H24ClNO/c1-4-8-17-14(7-9-18-3)11-13-6-5-12(2)10-15(13)16/h5-6,10,14,17H,4,7-9,11H2,1-3H3. The zero-order valence-electron chi connectivity index (χ0n) is 11.6. The quantitative estimate of drug-likeness (QED) is 0.779. The molecule has 0 aliphatic heterocycles. The van der Waals surface area contributed by atoms with Gasteiger partial charge >= 0.3 is 0 Å². The molecule has 0 heterocycles. The van der Waals surface area contributed by atoms with Gasteiger partial charge in [0.1, 0.15) is 0 Å². The van der Waals surface area contributed by atoms with Gasteiger partial charge in [0.2, 0.25) is 0 Å².